The summed E-state index contributed by atoms with van der Waals surface area (Å²) in [6.45, 7) is 12.3. The van der Waals surface area contributed by atoms with Crippen molar-refractivity contribution in [3.8, 4) is 0 Å². The van der Waals surface area contributed by atoms with E-state index in [0.717, 1.165) is 44.9 Å². The lowest BCUT2D eigenvalue weighted by Crippen LogP contribution is -2.18. The monoisotopic (exact) mass is 412 g/mol. The molecule has 3 N–H and O–H groups in total. The average molecular weight is 413 g/mol. The van der Waals surface area contributed by atoms with Crippen LogP contribution < -0.4 is 0 Å². The Hall–Kier alpha value is -1.13. The molecule has 172 valence electrons. The Morgan fingerprint density at radius 2 is 1.76 bits per heavy atom. The summed E-state index contributed by atoms with van der Waals surface area (Å²) in [5, 5.41) is 29.0. The minimum atomic E-state index is -0.747. The molecule has 1 fully saturated rings. The highest BCUT2D eigenvalue weighted by Crippen LogP contribution is 2.40. The van der Waals surface area contributed by atoms with E-state index in [9.17, 15) is 15.0 Å². The van der Waals surface area contributed by atoms with Crippen LogP contribution >= 0.6 is 0 Å². The van der Waals surface area contributed by atoms with Gasteiger partial charge in [0.2, 0.25) is 0 Å². The van der Waals surface area contributed by atoms with Crippen LogP contribution in [-0.4, -0.2) is 33.5 Å². The molecule has 4 heteroatoms. The van der Waals surface area contributed by atoms with E-state index < -0.39 is 12.1 Å². The number of aliphatic hydroxyl groups excluding tert-OH is 2. The molecule has 1 saturated carbocycles. The van der Waals surface area contributed by atoms with Crippen molar-refractivity contribution in [3.63, 3.8) is 0 Å². The zero-order valence-corrected chi connectivity index (χ0v) is 19.8. The zero-order chi connectivity index (χ0) is 22.7. The highest BCUT2D eigenvalue weighted by Gasteiger charge is 2.37. The third kappa shape index (κ3) is 14.5. The number of carboxylic acids is 1. The maximum atomic E-state index is 10.5. The number of aliphatic carboxylic acids is 1. The summed E-state index contributed by atoms with van der Waals surface area (Å²) in [5.41, 5.74) is 0. The van der Waals surface area contributed by atoms with Gasteiger partial charge in [0.1, 0.15) is 0 Å². The number of hydrogen-bond acceptors (Lipinski definition) is 3. The Bertz CT molecular complexity index is 431. The second kappa shape index (κ2) is 20.2. The van der Waals surface area contributed by atoms with Crippen LogP contribution in [0.25, 0.3) is 0 Å². The Kier molecular flexibility index (Phi) is 20.9. The molecule has 0 aliphatic heterocycles. The van der Waals surface area contributed by atoms with E-state index in [1.54, 1.807) is 0 Å². The van der Waals surface area contributed by atoms with Gasteiger partial charge in [-0.05, 0) is 43.9 Å². The number of carbonyl (C=O) groups is 1. The summed E-state index contributed by atoms with van der Waals surface area (Å²) in [7, 11) is 0. The molecule has 29 heavy (non-hydrogen) atoms. The van der Waals surface area contributed by atoms with E-state index in [1.807, 2.05) is 39.8 Å². The lowest BCUT2D eigenvalue weighted by atomic mass is 9.86. The second-order valence-electron chi connectivity index (χ2n) is 7.46. The topological polar surface area (TPSA) is 77.8 Å². The molecule has 0 aromatic rings. The Morgan fingerprint density at radius 3 is 2.34 bits per heavy atom. The smallest absolute Gasteiger partial charge is 0.303 e. The number of carboxylic acid groups (broad SMARTS) is 1. The van der Waals surface area contributed by atoms with Crippen molar-refractivity contribution in [2.45, 2.75) is 112 Å². The molecule has 4 nitrogen and oxygen atoms in total. The number of hydrogen-bond donors (Lipinski definition) is 3. The van der Waals surface area contributed by atoms with Crippen molar-refractivity contribution >= 4 is 5.97 Å². The molecule has 0 amide bonds. The molecule has 0 spiro atoms. The minimum absolute atomic E-state index is 0.0968. The lowest BCUT2D eigenvalue weighted by molar-refractivity contribution is -0.137. The fourth-order valence-corrected chi connectivity index (χ4v) is 3.74. The second-order valence-corrected chi connectivity index (χ2v) is 7.46. The number of allylic oxidation sites excluding steroid dienone is 2. The summed E-state index contributed by atoms with van der Waals surface area (Å²) >= 11 is 0. The van der Waals surface area contributed by atoms with Gasteiger partial charge in [-0.2, -0.15) is 0 Å². The third-order valence-electron chi connectivity index (χ3n) is 5.28. The first-order valence-electron chi connectivity index (χ1n) is 11.9. The number of rotatable bonds is 12. The number of unbranched alkanes of at least 4 members (excludes halogenated alkanes) is 3. The Balaban J connectivity index is 0. The van der Waals surface area contributed by atoms with Gasteiger partial charge in [0, 0.05) is 12.3 Å². The van der Waals surface area contributed by atoms with E-state index in [1.165, 1.54) is 0 Å². The predicted molar refractivity (Wildman–Crippen MR) is 124 cm³/mol. The normalized spacial score (nSPS) is 24.7. The molecule has 0 radical (unpaired) electrons. The van der Waals surface area contributed by atoms with Crippen molar-refractivity contribution in [1.82, 2.24) is 0 Å². The Morgan fingerprint density at radius 1 is 1.10 bits per heavy atom. The standard InChI is InChI=1S/C21H36O4.2C2H6/c1-3-4-7-10-17(22)13-14-19-18(16(2)15-20(19)23)11-8-5-6-9-12-21(24)25;2*1-2/h5,8,13-14,16-20,22-23H,3-4,6-7,9-12,15H2,1-2H3,(H,24,25);2*1-2H3/b8-5-,14-13+;;/t16?,17-,18-,19+,20+;;/m0../s1. The van der Waals surface area contributed by atoms with Crippen LogP contribution in [0.5, 0.6) is 0 Å². The molecule has 1 rings (SSSR count). The van der Waals surface area contributed by atoms with Gasteiger partial charge in [0.05, 0.1) is 12.2 Å². The first-order chi connectivity index (χ1) is 14.0. The van der Waals surface area contributed by atoms with E-state index in [-0.39, 0.29) is 18.4 Å². The largest absolute Gasteiger partial charge is 0.481 e. The van der Waals surface area contributed by atoms with Gasteiger partial charge >= 0.3 is 5.97 Å². The minimum Gasteiger partial charge on any atom is -0.481 e. The van der Waals surface area contributed by atoms with Crippen molar-refractivity contribution in [3.05, 3.63) is 24.3 Å². The van der Waals surface area contributed by atoms with Gasteiger partial charge in [0.25, 0.3) is 0 Å². The quantitative estimate of drug-likeness (QED) is 0.257. The van der Waals surface area contributed by atoms with Crippen LogP contribution in [0, 0.1) is 17.8 Å². The maximum Gasteiger partial charge on any atom is 0.303 e. The van der Waals surface area contributed by atoms with E-state index in [2.05, 4.69) is 26.0 Å². The first-order valence-corrected chi connectivity index (χ1v) is 11.9. The van der Waals surface area contributed by atoms with Crippen molar-refractivity contribution in [2.24, 2.45) is 17.8 Å². The maximum absolute atomic E-state index is 10.5. The Labute approximate surface area is 180 Å². The van der Waals surface area contributed by atoms with Gasteiger partial charge in [-0.1, -0.05) is 85.1 Å². The van der Waals surface area contributed by atoms with Gasteiger partial charge in [0.15, 0.2) is 0 Å². The molecule has 5 atom stereocenters. The first kappa shape index (κ1) is 30.1. The van der Waals surface area contributed by atoms with E-state index in [4.69, 9.17) is 5.11 Å². The van der Waals surface area contributed by atoms with Crippen molar-refractivity contribution in [1.29, 1.82) is 0 Å². The van der Waals surface area contributed by atoms with Crippen LogP contribution in [0.15, 0.2) is 24.3 Å². The highest BCUT2D eigenvalue weighted by atomic mass is 16.4. The van der Waals surface area contributed by atoms with Crippen molar-refractivity contribution in [2.75, 3.05) is 0 Å². The van der Waals surface area contributed by atoms with Crippen LogP contribution in [0.1, 0.15) is 99.3 Å². The number of aliphatic hydroxyl groups is 2. The SMILES string of the molecule is CC.CC.CCCCC[C@H](O)/C=C/[C@H]1[C@H](O)CC(C)[C@@H]1C/C=C\CCCC(=O)O. The molecular formula is C25H48O4. The molecule has 1 aliphatic rings. The summed E-state index contributed by atoms with van der Waals surface area (Å²) < 4.78 is 0. The lowest BCUT2D eigenvalue weighted by Gasteiger charge is -2.20. The zero-order valence-electron chi connectivity index (χ0n) is 19.8. The highest BCUT2D eigenvalue weighted by molar-refractivity contribution is 5.66. The summed E-state index contributed by atoms with van der Waals surface area (Å²) in [4.78, 5) is 10.5. The molecule has 0 saturated heterocycles. The molecule has 0 aromatic heterocycles. The predicted octanol–water partition coefficient (Wildman–Crippen LogP) is 6.37. The molecule has 1 unspecified atom stereocenters. The van der Waals surface area contributed by atoms with Gasteiger partial charge in [-0.15, -0.1) is 0 Å². The van der Waals surface area contributed by atoms with Crippen LogP contribution in [0.2, 0.25) is 0 Å². The average Bonchev–Trinajstić information content (AvgIpc) is 2.98. The van der Waals surface area contributed by atoms with Gasteiger partial charge in [-0.25, -0.2) is 0 Å². The van der Waals surface area contributed by atoms with Gasteiger partial charge < -0.3 is 15.3 Å². The summed E-state index contributed by atoms with van der Waals surface area (Å²) in [6, 6.07) is 0. The molecule has 1 aliphatic carbocycles. The fourth-order valence-electron chi connectivity index (χ4n) is 3.74. The van der Waals surface area contributed by atoms with Gasteiger partial charge in [-0.3, -0.25) is 4.79 Å². The summed E-state index contributed by atoms with van der Waals surface area (Å²) in [5.74, 6) is 0.179. The molecular weight excluding hydrogens is 364 g/mol. The van der Waals surface area contributed by atoms with E-state index >= 15 is 0 Å². The van der Waals surface area contributed by atoms with E-state index in [0.29, 0.717) is 18.3 Å². The van der Waals surface area contributed by atoms with Crippen LogP contribution in [-0.2, 0) is 4.79 Å². The third-order valence-corrected chi connectivity index (χ3v) is 5.28. The fraction of sp³-hybridized carbons (Fsp3) is 0.800. The molecule has 0 heterocycles. The molecule has 0 bridgehead atoms. The van der Waals surface area contributed by atoms with Crippen molar-refractivity contribution < 1.29 is 20.1 Å². The van der Waals surface area contributed by atoms with Crippen LogP contribution in [0.4, 0.5) is 0 Å². The van der Waals surface area contributed by atoms with Crippen LogP contribution in [0.3, 0.4) is 0 Å². The summed E-state index contributed by atoms with van der Waals surface area (Å²) in [6.07, 6.45) is 14.8. The molecule has 0 aromatic carbocycles.